The first kappa shape index (κ1) is 37.4. The lowest BCUT2D eigenvalue weighted by Crippen LogP contribution is -2.59. The number of nitro benzene ring substituents is 1. The Morgan fingerprint density at radius 2 is 1.88 bits per heavy atom. The average Bonchev–Trinajstić information content (AvgIpc) is 3.11. The number of hydrogen-bond acceptors (Lipinski definition) is 11. The predicted octanol–water partition coefficient (Wildman–Crippen LogP) is 2.37. The van der Waals surface area contributed by atoms with Gasteiger partial charge in [-0.3, -0.25) is 34.2 Å². The molecule has 0 aliphatic carbocycles. The van der Waals surface area contributed by atoms with Crippen LogP contribution in [-0.4, -0.2) is 83.6 Å². The lowest BCUT2D eigenvalue weighted by molar-refractivity contribution is -0.384. The summed E-state index contributed by atoms with van der Waals surface area (Å²) in [5.41, 5.74) is -1.90. The number of allylic oxidation sites excluding steroid dienone is 1. The van der Waals surface area contributed by atoms with Gasteiger partial charge in [0.1, 0.15) is 18.3 Å². The van der Waals surface area contributed by atoms with Crippen LogP contribution in [0.2, 0.25) is 0 Å². The predicted molar refractivity (Wildman–Crippen MR) is 180 cm³/mol. The van der Waals surface area contributed by atoms with E-state index in [2.05, 4.69) is 37.2 Å². The molecule has 0 radical (unpaired) electrons. The second-order valence-electron chi connectivity index (χ2n) is 12.3. The maximum atomic E-state index is 13.5. The molecule has 3 N–H and O–H groups in total. The van der Waals surface area contributed by atoms with Gasteiger partial charge in [-0.1, -0.05) is 19.4 Å². The van der Waals surface area contributed by atoms with Crippen LogP contribution < -0.4 is 21.5 Å². The summed E-state index contributed by atoms with van der Waals surface area (Å²) in [6, 6.07) is 4.52. The molecule has 268 valence electrons. The van der Waals surface area contributed by atoms with Gasteiger partial charge in [0.15, 0.2) is 0 Å². The van der Waals surface area contributed by atoms with Gasteiger partial charge in [-0.25, -0.2) is 9.59 Å². The number of nitro groups is 1. The number of ether oxygens (including phenoxy) is 2. The molecule has 16 nitrogen and oxygen atoms in total. The van der Waals surface area contributed by atoms with Crippen molar-refractivity contribution in [3.05, 3.63) is 80.3 Å². The van der Waals surface area contributed by atoms with Gasteiger partial charge in [-0.15, -0.1) is 0 Å². The third kappa shape index (κ3) is 9.62. The van der Waals surface area contributed by atoms with Crippen LogP contribution in [0.4, 0.5) is 11.4 Å². The number of piperidine rings is 2. The van der Waals surface area contributed by atoms with Crippen LogP contribution in [0.15, 0.2) is 53.5 Å². The topological polar surface area (TPSA) is 208 Å². The fourth-order valence-corrected chi connectivity index (χ4v) is 6.44. The molecule has 5 atom stereocenters. The molecule has 3 heterocycles. The summed E-state index contributed by atoms with van der Waals surface area (Å²) in [4.78, 5) is 90.0. The maximum absolute atomic E-state index is 13.5. The number of methoxy groups -OCH3 is 2. The average molecular weight is 695 g/mol. The third-order valence-corrected chi connectivity index (χ3v) is 8.96. The van der Waals surface area contributed by atoms with Gasteiger partial charge >= 0.3 is 11.9 Å². The first-order valence-electron chi connectivity index (χ1n) is 16.4. The minimum atomic E-state index is -1.31. The first-order valence-corrected chi connectivity index (χ1v) is 16.4. The molecule has 2 aliphatic rings. The standard InChI is InChI=1S/C34H42N6O10/c1-4-22-15-21-9-7-13-38(19-21)30(22)37-28(41)20-39-14-8-11-27(33(39)45)36-32(44)26(10-5-6-12-29(42)49-2)35-31(43)23-16-24(34(46)50-3)18-25(17-23)40(47)48/h6,8,11-12,14,16-18,21-22,26,30H,4-5,7,9-10,13,15,19-20H2,1-3H3,(H,35,43)(H,36,44)(H,37,41)/b12-6+/t21?,22?,26-,30?/m0/s1. The van der Waals surface area contributed by atoms with E-state index in [0.717, 1.165) is 63.7 Å². The summed E-state index contributed by atoms with van der Waals surface area (Å²) >= 11 is 0. The van der Waals surface area contributed by atoms with Crippen LogP contribution in [0.1, 0.15) is 66.2 Å². The molecule has 4 rings (SSSR count). The van der Waals surface area contributed by atoms with Crippen molar-refractivity contribution < 1.29 is 38.4 Å². The second kappa shape index (κ2) is 17.3. The quantitative estimate of drug-likeness (QED) is 0.113. The second-order valence-corrected chi connectivity index (χ2v) is 12.3. The van der Waals surface area contributed by atoms with E-state index in [1.807, 2.05) is 0 Å². The van der Waals surface area contributed by atoms with Gasteiger partial charge in [0.05, 0.1) is 30.9 Å². The van der Waals surface area contributed by atoms with Crippen molar-refractivity contribution in [2.75, 3.05) is 32.6 Å². The molecule has 0 saturated carbocycles. The Balaban J connectivity index is 1.51. The molecule has 4 unspecified atom stereocenters. The van der Waals surface area contributed by atoms with E-state index in [1.165, 1.54) is 42.5 Å². The van der Waals surface area contributed by atoms with Crippen molar-refractivity contribution in [1.82, 2.24) is 20.1 Å². The van der Waals surface area contributed by atoms with Gasteiger partial charge < -0.3 is 30.0 Å². The highest BCUT2D eigenvalue weighted by atomic mass is 16.6. The zero-order valence-electron chi connectivity index (χ0n) is 28.2. The van der Waals surface area contributed by atoms with Crippen LogP contribution in [0.25, 0.3) is 0 Å². The number of benzene rings is 1. The normalized spacial score (nSPS) is 20.3. The van der Waals surface area contributed by atoms with E-state index in [-0.39, 0.29) is 48.3 Å². The van der Waals surface area contributed by atoms with E-state index < -0.39 is 46.0 Å². The summed E-state index contributed by atoms with van der Waals surface area (Å²) < 4.78 is 10.4. The van der Waals surface area contributed by atoms with Crippen molar-refractivity contribution in [3.8, 4) is 0 Å². The van der Waals surface area contributed by atoms with E-state index in [9.17, 15) is 38.9 Å². The number of carbonyl (C=O) groups is 5. The molecule has 0 spiro atoms. The number of anilines is 1. The Bertz CT molecular complexity index is 1700. The largest absolute Gasteiger partial charge is 0.466 e. The number of nitrogens with one attached hydrogen (secondary N) is 3. The third-order valence-electron chi connectivity index (χ3n) is 8.96. The van der Waals surface area contributed by atoms with Crippen molar-refractivity contribution in [2.45, 2.75) is 64.2 Å². The Morgan fingerprint density at radius 3 is 2.58 bits per heavy atom. The SMILES string of the molecule is CCC1CC2CCCN(C2)C1NC(=O)Cn1cccc(NC(=O)[C@H](CC/C=C/C(=O)OC)NC(=O)c2cc(C(=O)OC)cc([N+](=O)[O-])c2)c1=O. The highest BCUT2D eigenvalue weighted by molar-refractivity contribution is 6.03. The zero-order valence-corrected chi connectivity index (χ0v) is 28.2. The lowest BCUT2D eigenvalue weighted by Gasteiger charge is -2.48. The summed E-state index contributed by atoms with van der Waals surface area (Å²) in [6.07, 6.45) is 8.16. The van der Waals surface area contributed by atoms with Crippen molar-refractivity contribution in [3.63, 3.8) is 0 Å². The van der Waals surface area contributed by atoms with Gasteiger partial charge in [-0.2, -0.15) is 0 Å². The number of carbonyl (C=O) groups excluding carboxylic acids is 5. The number of pyridine rings is 1. The van der Waals surface area contributed by atoms with Crippen molar-refractivity contribution in [1.29, 1.82) is 0 Å². The summed E-state index contributed by atoms with van der Waals surface area (Å²) in [5, 5.41) is 19.6. The fourth-order valence-electron chi connectivity index (χ4n) is 6.44. The molecule has 2 aromatic rings. The van der Waals surface area contributed by atoms with E-state index in [0.29, 0.717) is 11.8 Å². The Labute approximate surface area is 288 Å². The molecule has 1 aromatic heterocycles. The number of nitrogens with zero attached hydrogens (tertiary/aromatic N) is 3. The molecule has 2 aliphatic heterocycles. The molecule has 2 bridgehead atoms. The van der Waals surface area contributed by atoms with Crippen LogP contribution in [0, 0.1) is 22.0 Å². The highest BCUT2D eigenvalue weighted by Gasteiger charge is 2.38. The minimum Gasteiger partial charge on any atom is -0.466 e. The van der Waals surface area contributed by atoms with Crippen LogP contribution in [0.5, 0.6) is 0 Å². The van der Waals surface area contributed by atoms with Crippen molar-refractivity contribution in [2.24, 2.45) is 11.8 Å². The van der Waals surface area contributed by atoms with E-state index in [4.69, 9.17) is 0 Å². The number of aromatic nitrogens is 1. The van der Waals surface area contributed by atoms with Crippen LogP contribution >= 0.6 is 0 Å². The Hall–Kier alpha value is -5.38. The first-order chi connectivity index (χ1) is 23.9. The summed E-state index contributed by atoms with van der Waals surface area (Å²) in [5.74, 6) is -2.68. The summed E-state index contributed by atoms with van der Waals surface area (Å²) in [6.45, 7) is 3.67. The number of rotatable bonds is 14. The number of amides is 3. The molecule has 2 fully saturated rings. The monoisotopic (exact) mass is 694 g/mol. The zero-order chi connectivity index (χ0) is 36.4. The Kier molecular flexibility index (Phi) is 13.0. The van der Waals surface area contributed by atoms with E-state index >= 15 is 0 Å². The maximum Gasteiger partial charge on any atom is 0.338 e. The highest BCUT2D eigenvalue weighted by Crippen LogP contribution is 2.34. The van der Waals surface area contributed by atoms with Gasteiger partial charge in [0, 0.05) is 43.1 Å². The molecule has 1 aromatic carbocycles. The molecular formula is C34H42N6O10. The minimum absolute atomic E-state index is 0.0649. The number of fused-ring (bicyclic) bond motifs is 2. The van der Waals surface area contributed by atoms with Crippen LogP contribution in [0.3, 0.4) is 0 Å². The van der Waals surface area contributed by atoms with Gasteiger partial charge in [0.25, 0.3) is 17.2 Å². The van der Waals surface area contributed by atoms with Crippen LogP contribution in [-0.2, 0) is 30.4 Å². The van der Waals surface area contributed by atoms with Gasteiger partial charge in [0.2, 0.25) is 11.8 Å². The lowest BCUT2D eigenvalue weighted by atomic mass is 9.80. The molecule has 3 amide bonds. The molecular weight excluding hydrogens is 652 g/mol. The van der Waals surface area contributed by atoms with E-state index in [1.54, 1.807) is 0 Å². The van der Waals surface area contributed by atoms with Crippen molar-refractivity contribution >= 4 is 41.0 Å². The number of esters is 2. The molecule has 50 heavy (non-hydrogen) atoms. The Morgan fingerprint density at radius 1 is 1.12 bits per heavy atom. The number of hydrogen-bond donors (Lipinski definition) is 3. The number of non-ortho nitro benzene ring substituents is 1. The summed E-state index contributed by atoms with van der Waals surface area (Å²) in [7, 11) is 2.27. The van der Waals surface area contributed by atoms with Gasteiger partial charge in [-0.05, 0) is 62.1 Å². The molecule has 16 heteroatoms. The molecule has 2 saturated heterocycles. The fraction of sp³-hybridized carbons (Fsp3) is 0.471. The smallest absolute Gasteiger partial charge is 0.338 e.